The normalized spacial score (nSPS) is 16.5. The van der Waals surface area contributed by atoms with Gasteiger partial charge in [0.05, 0.1) is 54.4 Å². The highest BCUT2D eigenvalue weighted by Gasteiger charge is 2.30. The molecule has 3 aromatic carbocycles. The predicted molar refractivity (Wildman–Crippen MR) is 238 cm³/mol. The summed E-state index contributed by atoms with van der Waals surface area (Å²) in [4.78, 5) is 74.0. The second kappa shape index (κ2) is 20.2. The number of amides is 3. The molecule has 2 aliphatic heterocycles. The summed E-state index contributed by atoms with van der Waals surface area (Å²) in [7, 11) is 0. The first-order valence-electron chi connectivity index (χ1n) is 21.7. The summed E-state index contributed by atoms with van der Waals surface area (Å²) >= 11 is 0. The van der Waals surface area contributed by atoms with E-state index in [-0.39, 0.29) is 48.4 Å². The number of rotatable bonds is 16. The van der Waals surface area contributed by atoms with Crippen molar-refractivity contribution in [1.29, 1.82) is 5.26 Å². The van der Waals surface area contributed by atoms with E-state index in [9.17, 15) is 29.2 Å². The molecule has 2 N–H and O–H groups in total. The van der Waals surface area contributed by atoms with Crippen LogP contribution in [0.25, 0.3) is 33.4 Å². The van der Waals surface area contributed by atoms with Crippen LogP contribution in [0.4, 0.5) is 0 Å². The standard InChI is InChI=1S/C48H48N10O6/c49-25-33-9-6-11-35(23-33)41-16-19-45(61)57(55-41)29-34-10-7-12-36(24-34)46-51-27-39(28-52-46)64-31-38-13-3-5-21-56(38)30-44(60)50-20-4-1-2-8-32-14-15-40-37(22-32)26-53-58(48(40)63)42-17-18-43(59)54-47(42)62/h6-7,9-12,14-16,19,22-24,26-28,38,42H,1-5,8,13,17-18,20-21,29-31H2,(H,50,60)(H,54,59,62). The third-order valence-electron chi connectivity index (χ3n) is 11.7. The number of likely N-dealkylation sites (tertiary alicyclic amines) is 1. The van der Waals surface area contributed by atoms with Crippen LogP contribution in [0.1, 0.15) is 74.1 Å². The van der Waals surface area contributed by atoms with Gasteiger partial charge in [-0.1, -0.05) is 49.2 Å². The van der Waals surface area contributed by atoms with Gasteiger partial charge < -0.3 is 10.1 Å². The largest absolute Gasteiger partial charge is 0.489 e. The molecule has 2 atom stereocenters. The number of piperidine rings is 2. The first-order valence-corrected chi connectivity index (χ1v) is 21.7. The van der Waals surface area contributed by atoms with E-state index < -0.39 is 11.9 Å². The van der Waals surface area contributed by atoms with E-state index in [2.05, 4.69) is 41.8 Å². The highest BCUT2D eigenvalue weighted by molar-refractivity contribution is 5.99. The summed E-state index contributed by atoms with van der Waals surface area (Å²) in [6, 6.07) is 25.0. The summed E-state index contributed by atoms with van der Waals surface area (Å²) in [6.07, 6.45) is 11.8. The number of nitrogens with one attached hydrogen (secondary N) is 2. The lowest BCUT2D eigenvalue weighted by molar-refractivity contribution is -0.136. The molecule has 3 amide bonds. The molecule has 2 unspecified atom stereocenters. The lowest BCUT2D eigenvalue weighted by atomic mass is 10.0. The lowest BCUT2D eigenvalue weighted by Crippen LogP contribution is -2.48. The molecule has 5 heterocycles. The molecule has 2 aliphatic rings. The molecule has 3 aromatic heterocycles. The van der Waals surface area contributed by atoms with E-state index in [1.54, 1.807) is 48.9 Å². The van der Waals surface area contributed by atoms with Gasteiger partial charge in [0.1, 0.15) is 12.6 Å². The van der Waals surface area contributed by atoms with Crippen LogP contribution in [0, 0.1) is 11.3 Å². The molecule has 8 rings (SSSR count). The van der Waals surface area contributed by atoms with Crippen molar-refractivity contribution in [2.24, 2.45) is 0 Å². The van der Waals surface area contributed by atoms with Gasteiger partial charge in [0, 0.05) is 41.6 Å². The number of carbonyl (C=O) groups is 3. The summed E-state index contributed by atoms with van der Waals surface area (Å²) in [5.74, 6) is 0.195. The maximum atomic E-state index is 13.1. The topological polar surface area (TPSA) is 207 Å². The zero-order valence-electron chi connectivity index (χ0n) is 35.3. The van der Waals surface area contributed by atoms with Gasteiger partial charge in [-0.2, -0.15) is 15.5 Å². The number of benzene rings is 3. The molecule has 0 spiro atoms. The fourth-order valence-electron chi connectivity index (χ4n) is 8.24. The van der Waals surface area contributed by atoms with Crippen LogP contribution in [-0.2, 0) is 27.3 Å². The van der Waals surface area contributed by atoms with E-state index >= 15 is 0 Å². The van der Waals surface area contributed by atoms with E-state index in [0.717, 1.165) is 73.7 Å². The summed E-state index contributed by atoms with van der Waals surface area (Å²) < 4.78 is 8.72. The SMILES string of the molecule is N#Cc1cccc(-c2ccc(=O)n(Cc3cccc(-c4ncc(OCC5CCCCN5CC(=O)NCCCCCc5ccc6c(=O)n(C7CCC(=O)NC7=O)ncc6c5)cn4)c3)n2)c1. The number of hydrogen-bond acceptors (Lipinski definition) is 12. The Bertz CT molecular complexity index is 2830. The Morgan fingerprint density at radius 1 is 0.875 bits per heavy atom. The molecule has 16 nitrogen and oxygen atoms in total. The number of nitriles is 1. The molecule has 16 heteroatoms. The van der Waals surface area contributed by atoms with Crippen molar-refractivity contribution in [3.8, 4) is 34.5 Å². The molecule has 6 aromatic rings. The molecular formula is C48H48N10O6. The molecule has 326 valence electrons. The Balaban J connectivity index is 0.769. The molecular weight excluding hydrogens is 813 g/mol. The lowest BCUT2D eigenvalue weighted by Gasteiger charge is -2.34. The molecule has 0 aliphatic carbocycles. The number of imide groups is 1. The van der Waals surface area contributed by atoms with E-state index in [1.165, 1.54) is 15.4 Å². The summed E-state index contributed by atoms with van der Waals surface area (Å²) in [6.45, 7) is 2.36. The molecule has 0 bridgehead atoms. The number of fused-ring (bicyclic) bond motifs is 1. The smallest absolute Gasteiger partial charge is 0.275 e. The average Bonchev–Trinajstić information content (AvgIpc) is 3.31. The average molecular weight is 861 g/mol. The molecule has 0 radical (unpaired) electrons. The van der Waals surface area contributed by atoms with Crippen LogP contribution in [0.15, 0.2) is 107 Å². The maximum absolute atomic E-state index is 13.1. The van der Waals surface area contributed by atoms with Crippen molar-refractivity contribution < 1.29 is 19.1 Å². The van der Waals surface area contributed by atoms with Crippen LogP contribution in [-0.4, -0.2) is 84.4 Å². The number of carbonyl (C=O) groups excluding carboxylic acids is 3. The van der Waals surface area contributed by atoms with E-state index in [1.807, 2.05) is 42.5 Å². The Kier molecular flexibility index (Phi) is 13.7. The zero-order chi connectivity index (χ0) is 44.4. The predicted octanol–water partition coefficient (Wildman–Crippen LogP) is 4.74. The fraction of sp³-hybridized carbons (Fsp3) is 0.333. The number of ether oxygens (including phenoxy) is 1. The van der Waals surface area contributed by atoms with Gasteiger partial charge in [-0.15, -0.1) is 0 Å². The van der Waals surface area contributed by atoms with Crippen LogP contribution in [0.2, 0.25) is 0 Å². The fourth-order valence-corrected chi connectivity index (χ4v) is 8.24. The third-order valence-corrected chi connectivity index (χ3v) is 11.7. The first kappa shape index (κ1) is 43.3. The van der Waals surface area contributed by atoms with Gasteiger partial charge in [0.15, 0.2) is 11.6 Å². The highest BCUT2D eigenvalue weighted by atomic mass is 16.5. The van der Waals surface area contributed by atoms with Crippen LogP contribution < -0.4 is 26.5 Å². The Morgan fingerprint density at radius 3 is 2.56 bits per heavy atom. The van der Waals surface area contributed by atoms with Crippen molar-refractivity contribution in [2.45, 2.75) is 76.4 Å². The van der Waals surface area contributed by atoms with Crippen molar-refractivity contribution in [3.63, 3.8) is 0 Å². The minimum atomic E-state index is -0.797. The number of aryl methyl sites for hydroxylation is 1. The molecule has 2 fully saturated rings. The number of hydrogen-bond donors (Lipinski definition) is 2. The van der Waals surface area contributed by atoms with Crippen molar-refractivity contribution in [1.82, 2.24) is 45.1 Å². The van der Waals surface area contributed by atoms with Crippen molar-refractivity contribution in [3.05, 3.63) is 135 Å². The Labute approximate surface area is 368 Å². The van der Waals surface area contributed by atoms with E-state index in [4.69, 9.17) is 4.74 Å². The molecule has 0 saturated carbocycles. The zero-order valence-corrected chi connectivity index (χ0v) is 35.3. The third kappa shape index (κ3) is 10.6. The second-order valence-electron chi connectivity index (χ2n) is 16.2. The number of unbranched alkanes of at least 4 members (excludes halogenated alkanes) is 2. The van der Waals surface area contributed by atoms with Gasteiger partial charge in [0.2, 0.25) is 11.8 Å². The van der Waals surface area contributed by atoms with Crippen molar-refractivity contribution in [2.75, 3.05) is 26.2 Å². The Morgan fingerprint density at radius 2 is 1.72 bits per heavy atom. The van der Waals surface area contributed by atoms with Gasteiger partial charge >= 0.3 is 0 Å². The van der Waals surface area contributed by atoms with Crippen molar-refractivity contribution >= 4 is 28.5 Å². The van der Waals surface area contributed by atoms with Crippen LogP contribution in [0.5, 0.6) is 5.75 Å². The van der Waals surface area contributed by atoms with Gasteiger partial charge in [-0.05, 0) is 92.6 Å². The quantitative estimate of drug-likeness (QED) is 0.100. The van der Waals surface area contributed by atoms with Gasteiger partial charge in [-0.3, -0.25) is 34.2 Å². The minimum Gasteiger partial charge on any atom is -0.489 e. The maximum Gasteiger partial charge on any atom is 0.275 e. The van der Waals surface area contributed by atoms with Gasteiger partial charge in [-0.25, -0.2) is 19.3 Å². The Hall–Kier alpha value is -7.38. The number of nitrogens with zero attached hydrogens (tertiary/aromatic N) is 8. The summed E-state index contributed by atoms with van der Waals surface area (Å²) in [5.41, 5.74) is 3.98. The highest BCUT2D eigenvalue weighted by Crippen LogP contribution is 2.23. The van der Waals surface area contributed by atoms with E-state index in [0.29, 0.717) is 53.3 Å². The number of aromatic nitrogens is 6. The van der Waals surface area contributed by atoms with Crippen LogP contribution >= 0.6 is 0 Å². The molecule has 2 saturated heterocycles. The monoisotopic (exact) mass is 860 g/mol. The summed E-state index contributed by atoms with van der Waals surface area (Å²) in [5, 5.41) is 24.7. The second-order valence-corrected chi connectivity index (χ2v) is 16.2. The first-order chi connectivity index (χ1) is 31.2. The van der Waals surface area contributed by atoms with Crippen LogP contribution in [0.3, 0.4) is 0 Å². The molecule has 64 heavy (non-hydrogen) atoms. The minimum absolute atomic E-state index is 0.00875. The van der Waals surface area contributed by atoms with Gasteiger partial charge in [0.25, 0.3) is 17.0 Å².